The van der Waals surface area contributed by atoms with Crippen molar-refractivity contribution >= 4 is 11.9 Å². The highest BCUT2D eigenvalue weighted by Crippen LogP contribution is 2.08. The second-order valence-corrected chi connectivity index (χ2v) is 3.41. The van der Waals surface area contributed by atoms with Gasteiger partial charge in [-0.25, -0.2) is 0 Å². The molecule has 0 radical (unpaired) electrons. The molecule has 0 atom stereocenters. The zero-order valence-corrected chi connectivity index (χ0v) is 9.80. The molecule has 0 aromatic heterocycles. The fourth-order valence-corrected chi connectivity index (χ4v) is 1.14. The van der Waals surface area contributed by atoms with Gasteiger partial charge in [0.05, 0.1) is 5.69 Å². The van der Waals surface area contributed by atoms with Crippen LogP contribution in [-0.4, -0.2) is 6.21 Å². The Morgan fingerprint density at radius 3 is 2.56 bits per heavy atom. The Labute approximate surface area is 97.5 Å². The van der Waals surface area contributed by atoms with Crippen LogP contribution in [-0.2, 0) is 0 Å². The largest absolute Gasteiger partial charge is 0.257 e. The van der Waals surface area contributed by atoms with E-state index >= 15 is 0 Å². The lowest BCUT2D eigenvalue weighted by atomic mass is 10.2. The molecule has 0 aliphatic rings. The van der Waals surface area contributed by atoms with E-state index in [1.54, 1.807) is 0 Å². The predicted octanol–water partition coefficient (Wildman–Crippen LogP) is 4.47. The SMILES string of the molecule is C/C=C/C=C(C)/C=C/C=Nc1ccccc1. The van der Waals surface area contributed by atoms with E-state index in [1.165, 1.54) is 5.57 Å². The summed E-state index contributed by atoms with van der Waals surface area (Å²) in [5.74, 6) is 0. The molecule has 0 unspecified atom stereocenters. The third kappa shape index (κ3) is 5.11. The molecule has 0 aliphatic heterocycles. The minimum Gasteiger partial charge on any atom is -0.257 e. The fraction of sp³-hybridized carbons (Fsp3) is 0.133. The smallest absolute Gasteiger partial charge is 0.0629 e. The van der Waals surface area contributed by atoms with Crippen molar-refractivity contribution in [3.63, 3.8) is 0 Å². The van der Waals surface area contributed by atoms with Crippen LogP contribution in [0.2, 0.25) is 0 Å². The minimum atomic E-state index is 0.974. The first-order valence-electron chi connectivity index (χ1n) is 5.38. The standard InChI is InChI=1S/C15H17N/c1-3-4-9-14(2)10-8-13-16-15-11-6-5-7-12-15/h3-13H,1-2H3/b4-3+,10-8+,14-9+,16-13?. The molecule has 0 heterocycles. The zero-order chi connectivity index (χ0) is 11.6. The van der Waals surface area contributed by atoms with E-state index in [0.29, 0.717) is 0 Å². The van der Waals surface area contributed by atoms with E-state index in [-0.39, 0.29) is 0 Å². The van der Waals surface area contributed by atoms with E-state index in [4.69, 9.17) is 0 Å². The number of benzene rings is 1. The second-order valence-electron chi connectivity index (χ2n) is 3.41. The highest BCUT2D eigenvalue weighted by Gasteiger charge is 1.81. The lowest BCUT2D eigenvalue weighted by molar-refractivity contribution is 1.51. The maximum absolute atomic E-state index is 4.30. The van der Waals surface area contributed by atoms with Crippen LogP contribution in [0, 0.1) is 0 Å². The summed E-state index contributed by atoms with van der Waals surface area (Å²) in [5, 5.41) is 0. The van der Waals surface area contributed by atoms with Gasteiger partial charge in [0.25, 0.3) is 0 Å². The Kier molecular flexibility index (Phi) is 5.64. The average Bonchev–Trinajstić information content (AvgIpc) is 2.33. The van der Waals surface area contributed by atoms with Crippen molar-refractivity contribution in [1.29, 1.82) is 0 Å². The van der Waals surface area contributed by atoms with E-state index in [0.717, 1.165) is 5.69 Å². The van der Waals surface area contributed by atoms with Crippen LogP contribution in [0.15, 0.2) is 71.3 Å². The summed E-state index contributed by atoms with van der Waals surface area (Å²) in [6.07, 6.45) is 11.9. The van der Waals surface area contributed by atoms with Crippen molar-refractivity contribution in [1.82, 2.24) is 0 Å². The third-order valence-electron chi connectivity index (χ3n) is 1.98. The Morgan fingerprint density at radius 1 is 1.12 bits per heavy atom. The summed E-state index contributed by atoms with van der Waals surface area (Å²) in [6.45, 7) is 4.07. The molecule has 0 N–H and O–H groups in total. The Bertz CT molecular complexity index is 408. The molecule has 16 heavy (non-hydrogen) atoms. The van der Waals surface area contributed by atoms with Crippen LogP contribution in [0.4, 0.5) is 5.69 Å². The van der Waals surface area contributed by atoms with Crippen molar-refractivity contribution in [2.24, 2.45) is 4.99 Å². The van der Waals surface area contributed by atoms with Gasteiger partial charge in [0, 0.05) is 6.21 Å². The maximum atomic E-state index is 4.30. The van der Waals surface area contributed by atoms with Gasteiger partial charge in [0.1, 0.15) is 0 Å². The van der Waals surface area contributed by atoms with Gasteiger partial charge in [0.15, 0.2) is 0 Å². The van der Waals surface area contributed by atoms with Crippen molar-refractivity contribution < 1.29 is 0 Å². The first-order chi connectivity index (χ1) is 7.83. The number of hydrogen-bond donors (Lipinski definition) is 0. The van der Waals surface area contributed by atoms with Crippen LogP contribution in [0.1, 0.15) is 13.8 Å². The number of rotatable bonds is 4. The lowest BCUT2D eigenvalue weighted by Gasteiger charge is -1.89. The number of allylic oxidation sites excluding steroid dienone is 6. The Balaban J connectivity index is 2.51. The fourth-order valence-electron chi connectivity index (χ4n) is 1.14. The summed E-state index contributed by atoms with van der Waals surface area (Å²) in [4.78, 5) is 4.30. The highest BCUT2D eigenvalue weighted by atomic mass is 14.7. The van der Waals surface area contributed by atoms with Gasteiger partial charge in [-0.1, -0.05) is 48.1 Å². The van der Waals surface area contributed by atoms with Gasteiger partial charge in [-0.15, -0.1) is 0 Å². The molecule has 0 fully saturated rings. The van der Waals surface area contributed by atoms with Gasteiger partial charge in [0.2, 0.25) is 0 Å². The molecular weight excluding hydrogens is 194 g/mol. The lowest BCUT2D eigenvalue weighted by Crippen LogP contribution is -1.69. The van der Waals surface area contributed by atoms with Crippen molar-refractivity contribution in [3.8, 4) is 0 Å². The van der Waals surface area contributed by atoms with E-state index < -0.39 is 0 Å². The summed E-state index contributed by atoms with van der Waals surface area (Å²) < 4.78 is 0. The predicted molar refractivity (Wildman–Crippen MR) is 72.3 cm³/mol. The maximum Gasteiger partial charge on any atom is 0.0629 e. The van der Waals surface area contributed by atoms with Crippen LogP contribution >= 0.6 is 0 Å². The molecule has 1 aromatic rings. The summed E-state index contributed by atoms with van der Waals surface area (Å²) in [5.41, 5.74) is 2.18. The monoisotopic (exact) mass is 211 g/mol. The van der Waals surface area contributed by atoms with Crippen LogP contribution in [0.25, 0.3) is 0 Å². The number of aliphatic imine (C=N–C) groups is 1. The normalized spacial score (nSPS) is 13.2. The molecule has 0 spiro atoms. The number of nitrogens with zero attached hydrogens (tertiary/aromatic N) is 1. The Morgan fingerprint density at radius 2 is 1.88 bits per heavy atom. The number of hydrogen-bond acceptors (Lipinski definition) is 1. The van der Waals surface area contributed by atoms with Gasteiger partial charge in [-0.05, 0) is 32.1 Å². The van der Waals surface area contributed by atoms with Crippen molar-refractivity contribution in [2.75, 3.05) is 0 Å². The van der Waals surface area contributed by atoms with Crippen molar-refractivity contribution in [2.45, 2.75) is 13.8 Å². The molecule has 0 saturated carbocycles. The first kappa shape index (κ1) is 12.2. The third-order valence-corrected chi connectivity index (χ3v) is 1.98. The summed E-state index contributed by atoms with van der Waals surface area (Å²) in [7, 11) is 0. The highest BCUT2D eigenvalue weighted by molar-refractivity contribution is 5.75. The van der Waals surface area contributed by atoms with E-state index in [9.17, 15) is 0 Å². The minimum absolute atomic E-state index is 0.974. The van der Waals surface area contributed by atoms with Crippen LogP contribution in [0.5, 0.6) is 0 Å². The molecular formula is C15H17N. The van der Waals surface area contributed by atoms with E-state index in [2.05, 4.69) is 18.0 Å². The molecule has 0 aliphatic carbocycles. The molecule has 0 amide bonds. The van der Waals surface area contributed by atoms with Gasteiger partial charge in [-0.2, -0.15) is 0 Å². The first-order valence-corrected chi connectivity index (χ1v) is 5.38. The average molecular weight is 211 g/mol. The van der Waals surface area contributed by atoms with E-state index in [1.807, 2.05) is 67.8 Å². The molecule has 1 rings (SSSR count). The number of para-hydroxylation sites is 1. The van der Waals surface area contributed by atoms with Gasteiger partial charge < -0.3 is 0 Å². The molecule has 0 bridgehead atoms. The van der Waals surface area contributed by atoms with Crippen LogP contribution in [0.3, 0.4) is 0 Å². The van der Waals surface area contributed by atoms with Crippen LogP contribution < -0.4 is 0 Å². The molecule has 0 saturated heterocycles. The molecule has 1 heteroatoms. The summed E-state index contributed by atoms with van der Waals surface area (Å²) in [6, 6.07) is 9.90. The molecule has 1 nitrogen and oxygen atoms in total. The Hall–Kier alpha value is -1.89. The zero-order valence-electron chi connectivity index (χ0n) is 9.80. The van der Waals surface area contributed by atoms with Crippen molar-refractivity contribution in [3.05, 3.63) is 66.3 Å². The second kappa shape index (κ2) is 7.41. The quantitative estimate of drug-likeness (QED) is 0.514. The van der Waals surface area contributed by atoms with Gasteiger partial charge in [-0.3, -0.25) is 4.99 Å². The topological polar surface area (TPSA) is 12.4 Å². The van der Waals surface area contributed by atoms with Gasteiger partial charge >= 0.3 is 0 Å². The molecule has 1 aromatic carbocycles. The molecule has 82 valence electrons. The summed E-state index contributed by atoms with van der Waals surface area (Å²) >= 11 is 0.